The van der Waals surface area contributed by atoms with Crippen LogP contribution >= 0.6 is 0 Å². The first-order valence-corrected chi connectivity index (χ1v) is 5.45. The van der Waals surface area contributed by atoms with Crippen LogP contribution in [0.5, 0.6) is 0 Å². The molecule has 3 heteroatoms. The number of rotatable bonds is 4. The Morgan fingerprint density at radius 2 is 2.36 bits per heavy atom. The average Bonchev–Trinajstić information content (AvgIpc) is 2.16. The van der Waals surface area contributed by atoms with Crippen molar-refractivity contribution in [1.82, 2.24) is 5.32 Å². The quantitative estimate of drug-likeness (QED) is 0.745. The molecule has 0 saturated carbocycles. The minimum Gasteiger partial charge on any atom is -0.353 e. The highest BCUT2D eigenvalue weighted by atomic mass is 16.2. The fourth-order valence-corrected chi connectivity index (χ4v) is 1.71. The van der Waals surface area contributed by atoms with E-state index in [4.69, 9.17) is 0 Å². The predicted molar refractivity (Wildman–Crippen MR) is 54.9 cm³/mol. The van der Waals surface area contributed by atoms with Crippen molar-refractivity contribution in [1.29, 1.82) is 0 Å². The summed E-state index contributed by atoms with van der Waals surface area (Å²) in [6, 6.07) is 0.0951. The number of carbonyl (C=O) groups is 2. The lowest BCUT2D eigenvalue weighted by atomic mass is 9.93. The van der Waals surface area contributed by atoms with Gasteiger partial charge < -0.3 is 5.32 Å². The van der Waals surface area contributed by atoms with E-state index in [2.05, 4.69) is 5.32 Å². The number of nitrogens with one attached hydrogen (secondary N) is 1. The van der Waals surface area contributed by atoms with Gasteiger partial charge in [0.25, 0.3) is 0 Å². The molecule has 0 aromatic carbocycles. The first-order valence-electron chi connectivity index (χ1n) is 5.45. The van der Waals surface area contributed by atoms with Crippen LogP contribution in [0, 0.1) is 5.92 Å². The third kappa shape index (κ3) is 3.13. The van der Waals surface area contributed by atoms with E-state index in [1.165, 1.54) is 0 Å². The molecule has 0 radical (unpaired) electrons. The van der Waals surface area contributed by atoms with Gasteiger partial charge in [-0.15, -0.1) is 0 Å². The van der Waals surface area contributed by atoms with E-state index in [1.807, 2.05) is 13.8 Å². The van der Waals surface area contributed by atoms with Gasteiger partial charge in [-0.25, -0.2) is 0 Å². The maximum atomic E-state index is 11.6. The summed E-state index contributed by atoms with van der Waals surface area (Å²) in [6.07, 6.45) is 3.90. The normalized spacial score (nSPS) is 24.1. The Balaban J connectivity index is 2.36. The summed E-state index contributed by atoms with van der Waals surface area (Å²) < 4.78 is 0. The van der Waals surface area contributed by atoms with Crippen LogP contribution in [0.3, 0.4) is 0 Å². The minimum absolute atomic E-state index is 0.0951. The molecule has 1 saturated heterocycles. The zero-order valence-corrected chi connectivity index (χ0v) is 9.01. The standard InChI is InChI=1S/C11H19NO2/c1-3-8(2)10(13)7-9-5-4-6-11(14)12-9/h8-9H,3-7H2,1-2H3,(H,12,14). The van der Waals surface area contributed by atoms with E-state index >= 15 is 0 Å². The van der Waals surface area contributed by atoms with E-state index in [0.29, 0.717) is 12.8 Å². The molecule has 1 amide bonds. The maximum Gasteiger partial charge on any atom is 0.220 e. The summed E-state index contributed by atoms with van der Waals surface area (Å²) in [5, 5.41) is 2.87. The van der Waals surface area contributed by atoms with E-state index in [9.17, 15) is 9.59 Å². The first-order chi connectivity index (χ1) is 6.63. The Hall–Kier alpha value is -0.860. The second-order valence-electron chi connectivity index (χ2n) is 4.14. The second-order valence-corrected chi connectivity index (χ2v) is 4.14. The molecule has 0 aromatic rings. The van der Waals surface area contributed by atoms with Gasteiger partial charge in [0.05, 0.1) is 0 Å². The Labute approximate surface area is 85.3 Å². The van der Waals surface area contributed by atoms with Crippen molar-refractivity contribution in [2.45, 2.75) is 52.0 Å². The van der Waals surface area contributed by atoms with Gasteiger partial charge in [0.2, 0.25) is 5.91 Å². The third-order valence-corrected chi connectivity index (χ3v) is 2.93. The van der Waals surface area contributed by atoms with Gasteiger partial charge in [-0.3, -0.25) is 9.59 Å². The third-order valence-electron chi connectivity index (χ3n) is 2.93. The Bertz CT molecular complexity index is 225. The molecule has 1 aliphatic rings. The average molecular weight is 197 g/mol. The van der Waals surface area contributed by atoms with Gasteiger partial charge in [-0.2, -0.15) is 0 Å². The number of hydrogen-bond acceptors (Lipinski definition) is 2. The fourth-order valence-electron chi connectivity index (χ4n) is 1.71. The lowest BCUT2D eigenvalue weighted by molar-refractivity contribution is -0.125. The molecule has 1 fully saturated rings. The van der Waals surface area contributed by atoms with Crippen molar-refractivity contribution < 1.29 is 9.59 Å². The van der Waals surface area contributed by atoms with Gasteiger partial charge in [-0.05, 0) is 19.3 Å². The monoisotopic (exact) mass is 197 g/mol. The Morgan fingerprint density at radius 3 is 2.93 bits per heavy atom. The molecule has 0 aliphatic carbocycles. The van der Waals surface area contributed by atoms with E-state index in [0.717, 1.165) is 19.3 Å². The first kappa shape index (κ1) is 11.2. The molecular weight excluding hydrogens is 178 g/mol. The van der Waals surface area contributed by atoms with Crippen molar-refractivity contribution in [3.05, 3.63) is 0 Å². The zero-order valence-electron chi connectivity index (χ0n) is 9.01. The van der Waals surface area contributed by atoms with Gasteiger partial charge in [0.1, 0.15) is 5.78 Å². The summed E-state index contributed by atoms with van der Waals surface area (Å²) in [5.41, 5.74) is 0. The molecule has 1 heterocycles. The van der Waals surface area contributed by atoms with Crippen LogP contribution in [-0.2, 0) is 9.59 Å². The smallest absolute Gasteiger partial charge is 0.220 e. The summed E-state index contributed by atoms with van der Waals surface area (Å²) >= 11 is 0. The van der Waals surface area contributed by atoms with Crippen LogP contribution in [0.15, 0.2) is 0 Å². The Morgan fingerprint density at radius 1 is 1.64 bits per heavy atom. The predicted octanol–water partition coefficient (Wildman–Crippen LogP) is 1.66. The highest BCUT2D eigenvalue weighted by Gasteiger charge is 2.22. The molecule has 1 aliphatic heterocycles. The van der Waals surface area contributed by atoms with Crippen molar-refractivity contribution in [3.63, 3.8) is 0 Å². The van der Waals surface area contributed by atoms with Crippen molar-refractivity contribution in [3.8, 4) is 0 Å². The van der Waals surface area contributed by atoms with Gasteiger partial charge >= 0.3 is 0 Å². The van der Waals surface area contributed by atoms with Gasteiger partial charge in [0, 0.05) is 24.8 Å². The fraction of sp³-hybridized carbons (Fsp3) is 0.818. The molecule has 1 N–H and O–H groups in total. The Kier molecular flexibility index (Phi) is 4.11. The molecule has 2 atom stereocenters. The van der Waals surface area contributed by atoms with Crippen molar-refractivity contribution >= 4 is 11.7 Å². The SMILES string of the molecule is CCC(C)C(=O)CC1CCCC(=O)N1. The number of Topliss-reactive ketones (excluding diaryl/α,β-unsaturated/α-hetero) is 1. The zero-order chi connectivity index (χ0) is 10.6. The molecular formula is C11H19NO2. The lowest BCUT2D eigenvalue weighted by Gasteiger charge is -2.23. The van der Waals surface area contributed by atoms with Crippen LogP contribution in [0.25, 0.3) is 0 Å². The van der Waals surface area contributed by atoms with E-state index in [1.54, 1.807) is 0 Å². The molecule has 80 valence electrons. The maximum absolute atomic E-state index is 11.6. The highest BCUT2D eigenvalue weighted by Crippen LogP contribution is 2.14. The molecule has 3 nitrogen and oxygen atoms in total. The summed E-state index contributed by atoms with van der Waals surface area (Å²) in [5.74, 6) is 0.506. The molecule has 1 rings (SSSR count). The van der Waals surface area contributed by atoms with Gasteiger partial charge in [0.15, 0.2) is 0 Å². The topological polar surface area (TPSA) is 46.2 Å². The highest BCUT2D eigenvalue weighted by molar-refractivity contribution is 5.83. The summed E-state index contributed by atoms with van der Waals surface area (Å²) in [6.45, 7) is 3.97. The summed E-state index contributed by atoms with van der Waals surface area (Å²) in [4.78, 5) is 22.7. The number of carbonyl (C=O) groups excluding carboxylic acids is 2. The number of ketones is 1. The molecule has 0 bridgehead atoms. The molecule has 14 heavy (non-hydrogen) atoms. The van der Waals surface area contributed by atoms with E-state index in [-0.39, 0.29) is 23.7 Å². The second kappa shape index (κ2) is 5.13. The molecule has 2 unspecified atom stereocenters. The van der Waals surface area contributed by atoms with Crippen molar-refractivity contribution in [2.24, 2.45) is 5.92 Å². The van der Waals surface area contributed by atoms with E-state index < -0.39 is 0 Å². The van der Waals surface area contributed by atoms with Crippen LogP contribution in [0.1, 0.15) is 46.0 Å². The van der Waals surface area contributed by atoms with Crippen molar-refractivity contribution in [2.75, 3.05) is 0 Å². The van der Waals surface area contributed by atoms with Crippen LogP contribution < -0.4 is 5.32 Å². The minimum atomic E-state index is 0.0951. The number of amides is 1. The summed E-state index contributed by atoms with van der Waals surface area (Å²) in [7, 11) is 0. The number of hydrogen-bond donors (Lipinski definition) is 1. The molecule has 0 aromatic heterocycles. The number of piperidine rings is 1. The van der Waals surface area contributed by atoms with Crippen LogP contribution in [0.2, 0.25) is 0 Å². The van der Waals surface area contributed by atoms with Crippen LogP contribution in [0.4, 0.5) is 0 Å². The van der Waals surface area contributed by atoms with Gasteiger partial charge in [-0.1, -0.05) is 13.8 Å². The molecule has 0 spiro atoms. The lowest BCUT2D eigenvalue weighted by Crippen LogP contribution is -2.40. The largest absolute Gasteiger partial charge is 0.353 e. The van der Waals surface area contributed by atoms with Crippen LogP contribution in [-0.4, -0.2) is 17.7 Å².